The minimum absolute atomic E-state index is 0.168. The second-order valence-corrected chi connectivity index (χ2v) is 16.1. The van der Waals surface area contributed by atoms with Crippen LogP contribution in [0.15, 0.2) is 36.4 Å². The fourth-order valence-electron chi connectivity index (χ4n) is 10.4. The van der Waals surface area contributed by atoms with E-state index in [4.69, 9.17) is 4.74 Å². The van der Waals surface area contributed by atoms with Crippen LogP contribution in [0.2, 0.25) is 0 Å². The predicted octanol–water partition coefficient (Wildman–Crippen LogP) is 13.1. The summed E-state index contributed by atoms with van der Waals surface area (Å²) < 4.78 is 64.9. The van der Waals surface area contributed by atoms with Crippen LogP contribution in [0.4, 0.5) is 17.6 Å². The number of halogens is 4. The highest BCUT2D eigenvalue weighted by Gasteiger charge is 2.39. The molecule has 0 heterocycles. The molecule has 0 aliphatic heterocycles. The molecule has 0 saturated heterocycles. The Morgan fingerprint density at radius 2 is 0.787 bits per heavy atom. The van der Waals surface area contributed by atoms with E-state index in [0.717, 1.165) is 86.9 Å². The van der Waals surface area contributed by atoms with E-state index >= 15 is 0 Å². The van der Waals surface area contributed by atoms with Crippen molar-refractivity contribution >= 4 is 0 Å². The fraction of sp³-hybridized carbons (Fsp3) is 0.714. The van der Waals surface area contributed by atoms with Crippen LogP contribution in [-0.4, -0.2) is 0 Å². The van der Waals surface area contributed by atoms with Crippen LogP contribution in [0, 0.1) is 70.6 Å². The summed E-state index contributed by atoms with van der Waals surface area (Å²) in [6, 6.07) is 8.39. The van der Waals surface area contributed by atoms with Crippen LogP contribution in [0.3, 0.4) is 0 Å². The molecule has 4 aliphatic rings. The van der Waals surface area contributed by atoms with Crippen LogP contribution in [-0.2, 0) is 4.74 Å². The summed E-state index contributed by atoms with van der Waals surface area (Å²) in [5, 5.41) is 0. The molecule has 2 aromatic carbocycles. The average Bonchev–Trinajstić information content (AvgIpc) is 3.12. The van der Waals surface area contributed by atoms with Gasteiger partial charge < -0.3 is 4.74 Å². The molecule has 260 valence electrons. The molecule has 4 saturated carbocycles. The van der Waals surface area contributed by atoms with Crippen LogP contribution < -0.4 is 0 Å². The molecule has 4 fully saturated rings. The molecule has 4 aliphatic carbocycles. The summed E-state index contributed by atoms with van der Waals surface area (Å²) in [5.74, 6) is 1.69. The molecule has 2 atom stereocenters. The van der Waals surface area contributed by atoms with Gasteiger partial charge in [-0.1, -0.05) is 64.5 Å². The topological polar surface area (TPSA) is 9.23 Å². The summed E-state index contributed by atoms with van der Waals surface area (Å²) >= 11 is 0. The zero-order valence-corrected chi connectivity index (χ0v) is 28.9. The maximum Gasteiger partial charge on any atom is 0.159 e. The van der Waals surface area contributed by atoms with Crippen molar-refractivity contribution in [2.75, 3.05) is 0 Å². The molecule has 0 bridgehead atoms. The first-order valence-corrected chi connectivity index (χ1v) is 19.4. The maximum atomic E-state index is 14.7. The van der Waals surface area contributed by atoms with Crippen LogP contribution in [0.5, 0.6) is 0 Å². The Bertz CT molecular complexity index is 1170. The quantitative estimate of drug-likeness (QED) is 0.232. The second kappa shape index (κ2) is 16.2. The van der Waals surface area contributed by atoms with E-state index in [2.05, 4.69) is 13.8 Å². The SMILES string of the molecule is CC[C@H]1CC[C@H]([C@H]2CC[C@H](C(OC(c3ccc(F)c(F)c3)[C@H]3CC[C@H]([C@H]4CC[C@H](CC)CC4)CC3)c3ccc(F)c(F)c3)CC2)CC1. The number of hydrogen-bond acceptors (Lipinski definition) is 1. The largest absolute Gasteiger partial charge is 0.365 e. The first-order chi connectivity index (χ1) is 22.8. The molecule has 2 aromatic rings. The highest BCUT2D eigenvalue weighted by Crippen LogP contribution is 2.50. The van der Waals surface area contributed by atoms with Gasteiger partial charge in [0.05, 0.1) is 12.2 Å². The molecular weight excluding hydrogens is 596 g/mol. The third-order valence-corrected chi connectivity index (χ3v) is 13.6. The molecule has 0 radical (unpaired) electrons. The van der Waals surface area contributed by atoms with Crippen molar-refractivity contribution in [2.24, 2.45) is 47.3 Å². The molecule has 0 N–H and O–H groups in total. The van der Waals surface area contributed by atoms with Gasteiger partial charge in [0.15, 0.2) is 23.3 Å². The van der Waals surface area contributed by atoms with E-state index in [0.29, 0.717) is 11.1 Å². The van der Waals surface area contributed by atoms with E-state index in [1.54, 1.807) is 12.1 Å². The van der Waals surface area contributed by atoms with E-state index in [1.165, 1.54) is 88.5 Å². The Balaban J connectivity index is 1.20. The van der Waals surface area contributed by atoms with Crippen LogP contribution >= 0.6 is 0 Å². The Morgan fingerprint density at radius 3 is 1.09 bits per heavy atom. The number of benzene rings is 2. The van der Waals surface area contributed by atoms with Gasteiger partial charge in [-0.15, -0.1) is 0 Å². The van der Waals surface area contributed by atoms with Crippen molar-refractivity contribution in [1.82, 2.24) is 0 Å². The zero-order chi connectivity index (χ0) is 32.9. The summed E-state index contributed by atoms with van der Waals surface area (Å²) in [6.45, 7) is 4.62. The van der Waals surface area contributed by atoms with E-state index in [-0.39, 0.29) is 11.8 Å². The van der Waals surface area contributed by atoms with Gasteiger partial charge in [0.25, 0.3) is 0 Å². The third kappa shape index (κ3) is 8.47. The van der Waals surface area contributed by atoms with Crippen molar-refractivity contribution in [3.63, 3.8) is 0 Å². The van der Waals surface area contributed by atoms with E-state index < -0.39 is 35.5 Å². The fourth-order valence-corrected chi connectivity index (χ4v) is 10.4. The van der Waals surface area contributed by atoms with Gasteiger partial charge in [-0.05, 0) is 160 Å². The minimum atomic E-state index is -0.861. The Kier molecular flexibility index (Phi) is 12.1. The van der Waals surface area contributed by atoms with Gasteiger partial charge in [0, 0.05) is 0 Å². The molecule has 5 heteroatoms. The van der Waals surface area contributed by atoms with Crippen molar-refractivity contribution in [3.05, 3.63) is 70.8 Å². The second-order valence-electron chi connectivity index (χ2n) is 16.1. The lowest BCUT2D eigenvalue weighted by molar-refractivity contribution is -0.0937. The van der Waals surface area contributed by atoms with Crippen molar-refractivity contribution in [2.45, 2.75) is 142 Å². The molecule has 47 heavy (non-hydrogen) atoms. The van der Waals surface area contributed by atoms with Crippen molar-refractivity contribution in [3.8, 4) is 0 Å². The summed E-state index contributed by atoms with van der Waals surface area (Å²) in [4.78, 5) is 0. The molecule has 0 aromatic heterocycles. The van der Waals surface area contributed by atoms with Crippen molar-refractivity contribution < 1.29 is 22.3 Å². The molecule has 2 unspecified atom stereocenters. The first-order valence-electron chi connectivity index (χ1n) is 19.4. The lowest BCUT2D eigenvalue weighted by Crippen LogP contribution is -2.31. The van der Waals surface area contributed by atoms with Gasteiger partial charge in [0.2, 0.25) is 0 Å². The maximum absolute atomic E-state index is 14.7. The third-order valence-electron chi connectivity index (χ3n) is 13.6. The summed E-state index contributed by atoms with van der Waals surface area (Å²) in [7, 11) is 0. The van der Waals surface area contributed by atoms with Gasteiger partial charge in [0.1, 0.15) is 0 Å². The monoisotopic (exact) mass is 654 g/mol. The predicted molar refractivity (Wildman–Crippen MR) is 182 cm³/mol. The van der Waals surface area contributed by atoms with Crippen molar-refractivity contribution in [1.29, 1.82) is 0 Å². The minimum Gasteiger partial charge on any atom is -0.365 e. The van der Waals surface area contributed by atoms with Gasteiger partial charge in [-0.2, -0.15) is 0 Å². The molecule has 0 spiro atoms. The molecule has 6 rings (SSSR count). The Hall–Kier alpha value is -1.88. The highest BCUT2D eigenvalue weighted by atomic mass is 19.2. The standard InChI is InChI=1S/C42H58F4O/c1-3-27-5-9-29(10-6-27)31-13-17-33(18-14-31)41(35-21-23-37(43)39(45)25-35)47-42(36-22-24-38(44)40(46)26-36)34-19-15-32(16-20-34)30-11-7-28(4-2)8-12-30/h21-34,41-42H,3-20H2,1-2H3/t27-,28-,29-,30-,31-,32-,33-,34-,41?,42?. The number of hydrogen-bond donors (Lipinski definition) is 0. The molecule has 0 amide bonds. The highest BCUT2D eigenvalue weighted by molar-refractivity contribution is 5.24. The average molecular weight is 655 g/mol. The van der Waals surface area contributed by atoms with Crippen LogP contribution in [0.1, 0.15) is 153 Å². The normalized spacial score (nSPS) is 33.3. The zero-order valence-electron chi connectivity index (χ0n) is 28.9. The molecule has 1 nitrogen and oxygen atoms in total. The van der Waals surface area contributed by atoms with Crippen LogP contribution in [0.25, 0.3) is 0 Å². The lowest BCUT2D eigenvalue weighted by atomic mass is 9.67. The van der Waals surface area contributed by atoms with Gasteiger partial charge in [-0.25, -0.2) is 17.6 Å². The Labute approximate surface area is 281 Å². The van der Waals surface area contributed by atoms with E-state index in [1.807, 2.05) is 0 Å². The van der Waals surface area contributed by atoms with Gasteiger partial charge in [-0.3, -0.25) is 0 Å². The summed E-state index contributed by atoms with van der Waals surface area (Å²) in [6.07, 6.45) is 20.9. The smallest absolute Gasteiger partial charge is 0.159 e. The molecular formula is C42H58F4O. The summed E-state index contributed by atoms with van der Waals surface area (Å²) in [5.41, 5.74) is 1.31. The lowest BCUT2D eigenvalue weighted by Gasteiger charge is -2.43. The van der Waals surface area contributed by atoms with Gasteiger partial charge >= 0.3 is 0 Å². The van der Waals surface area contributed by atoms with E-state index in [9.17, 15) is 17.6 Å². The first kappa shape index (κ1) is 35.0. The number of rotatable bonds is 10. The Morgan fingerprint density at radius 1 is 0.468 bits per heavy atom. The number of ether oxygens (including phenoxy) is 1.